The van der Waals surface area contributed by atoms with Crippen molar-refractivity contribution in [3.63, 3.8) is 0 Å². The molecule has 0 radical (unpaired) electrons. The third-order valence-corrected chi connectivity index (χ3v) is 5.49. The summed E-state index contributed by atoms with van der Waals surface area (Å²) in [6.45, 7) is 0. The fraction of sp³-hybridized carbons (Fsp3) is 0.0476. The van der Waals surface area contributed by atoms with E-state index in [9.17, 15) is 26.4 Å². The van der Waals surface area contributed by atoms with E-state index in [0.717, 1.165) is 12.3 Å². The number of nitrogens with zero attached hydrogens (tertiary/aromatic N) is 1. The van der Waals surface area contributed by atoms with Crippen LogP contribution in [0.1, 0.15) is 21.5 Å². The number of anilines is 1. The Labute approximate surface area is 176 Å². The lowest BCUT2D eigenvalue weighted by Crippen LogP contribution is -2.18. The van der Waals surface area contributed by atoms with Crippen LogP contribution in [-0.4, -0.2) is 20.5 Å². The molecule has 1 amide bonds. The quantitative estimate of drug-likeness (QED) is 0.437. The maximum absolute atomic E-state index is 13.0. The molecule has 0 bridgehead atoms. The van der Waals surface area contributed by atoms with Crippen LogP contribution in [0.2, 0.25) is 0 Å². The molecule has 3 aromatic carbocycles. The van der Waals surface area contributed by atoms with Gasteiger partial charge in [0.15, 0.2) is 0 Å². The number of hydrogen-bond acceptors (Lipinski definition) is 4. The molecule has 6 nitrogen and oxygen atoms in total. The smallest absolute Gasteiger partial charge is 0.280 e. The minimum Gasteiger partial charge on any atom is -0.280 e. The van der Waals surface area contributed by atoms with Gasteiger partial charge in [0.1, 0.15) is 0 Å². The number of carbonyl (C=O) groups is 1. The van der Waals surface area contributed by atoms with Crippen LogP contribution in [0.25, 0.3) is 0 Å². The Morgan fingerprint density at radius 2 is 1.48 bits per heavy atom. The van der Waals surface area contributed by atoms with E-state index in [0.29, 0.717) is 0 Å². The van der Waals surface area contributed by atoms with Crippen LogP contribution in [0.5, 0.6) is 0 Å². The molecule has 0 aromatic heterocycles. The predicted molar refractivity (Wildman–Crippen MR) is 110 cm³/mol. The number of rotatable bonds is 6. The molecule has 3 aromatic rings. The molecule has 0 saturated heterocycles. The summed E-state index contributed by atoms with van der Waals surface area (Å²) < 4.78 is 65.9. The molecule has 0 heterocycles. The molecule has 0 saturated carbocycles. The Bertz CT molecular complexity index is 1190. The van der Waals surface area contributed by atoms with Gasteiger partial charge in [-0.2, -0.15) is 18.3 Å². The zero-order valence-electron chi connectivity index (χ0n) is 15.8. The molecular formula is C21H16F3N3O3S. The average molecular weight is 447 g/mol. The molecule has 160 valence electrons. The largest absolute Gasteiger partial charge is 0.417 e. The van der Waals surface area contributed by atoms with Gasteiger partial charge in [0.2, 0.25) is 0 Å². The molecular weight excluding hydrogens is 431 g/mol. The first-order chi connectivity index (χ1) is 14.7. The number of hydrazone groups is 1. The highest BCUT2D eigenvalue weighted by Gasteiger charge is 2.32. The van der Waals surface area contributed by atoms with Crippen molar-refractivity contribution in [3.05, 3.63) is 95.6 Å². The molecule has 0 fully saturated rings. The number of nitrogens with one attached hydrogen (secondary N) is 2. The van der Waals surface area contributed by atoms with Crippen molar-refractivity contribution in [2.75, 3.05) is 4.72 Å². The standard InChI is InChI=1S/C21H16F3N3O3S/c22-21(23,24)19-9-5-4-6-16(19)14-25-26-20(28)15-10-12-17(13-11-15)27-31(29,30)18-7-2-1-3-8-18/h1-14,27H,(H,26,28)/b25-14-. The second-order valence-corrected chi connectivity index (χ2v) is 7.96. The van der Waals surface area contributed by atoms with Gasteiger partial charge in [-0.1, -0.05) is 36.4 Å². The maximum atomic E-state index is 13.0. The molecule has 3 rings (SSSR count). The van der Waals surface area contributed by atoms with Crippen LogP contribution >= 0.6 is 0 Å². The van der Waals surface area contributed by atoms with Gasteiger partial charge in [0.05, 0.1) is 16.7 Å². The van der Waals surface area contributed by atoms with Crippen molar-refractivity contribution in [1.82, 2.24) is 5.43 Å². The Morgan fingerprint density at radius 1 is 0.871 bits per heavy atom. The Kier molecular flexibility index (Phi) is 6.40. The van der Waals surface area contributed by atoms with Crippen molar-refractivity contribution in [3.8, 4) is 0 Å². The fourth-order valence-corrected chi connectivity index (χ4v) is 3.68. The van der Waals surface area contributed by atoms with E-state index in [4.69, 9.17) is 0 Å². The minimum atomic E-state index is -4.55. The minimum absolute atomic E-state index is 0.0882. The van der Waals surface area contributed by atoms with E-state index in [-0.39, 0.29) is 21.7 Å². The van der Waals surface area contributed by atoms with Gasteiger partial charge in [-0.3, -0.25) is 9.52 Å². The summed E-state index contributed by atoms with van der Waals surface area (Å²) in [6.07, 6.45) is -3.64. The van der Waals surface area contributed by atoms with Gasteiger partial charge in [-0.25, -0.2) is 13.8 Å². The molecule has 0 atom stereocenters. The summed E-state index contributed by atoms with van der Waals surface area (Å²) in [6, 6.07) is 18.1. The summed E-state index contributed by atoms with van der Waals surface area (Å²) in [5.41, 5.74) is 1.46. The average Bonchev–Trinajstić information content (AvgIpc) is 2.74. The lowest BCUT2D eigenvalue weighted by atomic mass is 10.1. The van der Waals surface area contributed by atoms with Gasteiger partial charge in [0.25, 0.3) is 15.9 Å². The van der Waals surface area contributed by atoms with Gasteiger partial charge < -0.3 is 0 Å². The molecule has 0 aliphatic heterocycles. The highest BCUT2D eigenvalue weighted by atomic mass is 32.2. The van der Waals surface area contributed by atoms with Gasteiger partial charge >= 0.3 is 6.18 Å². The topological polar surface area (TPSA) is 87.6 Å². The first-order valence-electron chi connectivity index (χ1n) is 8.84. The van der Waals surface area contributed by atoms with E-state index in [1.165, 1.54) is 54.6 Å². The number of benzene rings is 3. The molecule has 2 N–H and O–H groups in total. The summed E-state index contributed by atoms with van der Waals surface area (Å²) in [7, 11) is -3.77. The van der Waals surface area contributed by atoms with Crippen LogP contribution < -0.4 is 10.1 Å². The van der Waals surface area contributed by atoms with Crippen LogP contribution in [0.15, 0.2) is 88.9 Å². The van der Waals surface area contributed by atoms with Crippen molar-refractivity contribution in [2.45, 2.75) is 11.1 Å². The second kappa shape index (κ2) is 9.00. The van der Waals surface area contributed by atoms with Crippen molar-refractivity contribution >= 4 is 27.8 Å². The van der Waals surface area contributed by atoms with Crippen LogP contribution in [0.4, 0.5) is 18.9 Å². The number of sulfonamides is 1. The number of carbonyl (C=O) groups excluding carboxylic acids is 1. The lowest BCUT2D eigenvalue weighted by Gasteiger charge is -2.09. The van der Waals surface area contributed by atoms with E-state index in [1.54, 1.807) is 18.2 Å². The molecule has 0 aliphatic carbocycles. The summed E-state index contributed by atoms with van der Waals surface area (Å²) in [4.78, 5) is 12.2. The molecule has 0 spiro atoms. The third kappa shape index (κ3) is 5.70. The zero-order valence-corrected chi connectivity index (χ0v) is 16.6. The second-order valence-electron chi connectivity index (χ2n) is 6.28. The summed E-state index contributed by atoms with van der Waals surface area (Å²) in [5.74, 6) is -0.668. The first-order valence-corrected chi connectivity index (χ1v) is 10.3. The van der Waals surface area contributed by atoms with E-state index in [2.05, 4.69) is 15.2 Å². The number of halogens is 3. The van der Waals surface area contributed by atoms with Gasteiger partial charge in [-0.05, 0) is 42.5 Å². The van der Waals surface area contributed by atoms with Crippen LogP contribution in [-0.2, 0) is 16.2 Å². The van der Waals surface area contributed by atoms with Crippen LogP contribution in [0.3, 0.4) is 0 Å². The van der Waals surface area contributed by atoms with E-state index >= 15 is 0 Å². The highest BCUT2D eigenvalue weighted by molar-refractivity contribution is 7.92. The summed E-state index contributed by atoms with van der Waals surface area (Å²) in [5, 5.41) is 3.58. The predicted octanol–water partition coefficient (Wildman–Crippen LogP) is 4.27. The Hall–Kier alpha value is -3.66. The number of alkyl halides is 3. The van der Waals surface area contributed by atoms with Gasteiger partial charge in [0, 0.05) is 16.8 Å². The normalized spacial score (nSPS) is 12.0. The molecule has 31 heavy (non-hydrogen) atoms. The molecule has 0 unspecified atom stereocenters. The number of amides is 1. The highest BCUT2D eigenvalue weighted by Crippen LogP contribution is 2.31. The van der Waals surface area contributed by atoms with Crippen molar-refractivity contribution in [2.24, 2.45) is 5.10 Å². The Morgan fingerprint density at radius 3 is 2.13 bits per heavy atom. The van der Waals surface area contributed by atoms with Gasteiger partial charge in [-0.15, -0.1) is 0 Å². The van der Waals surface area contributed by atoms with Crippen molar-refractivity contribution in [1.29, 1.82) is 0 Å². The lowest BCUT2D eigenvalue weighted by molar-refractivity contribution is -0.137. The first kappa shape index (κ1) is 22.0. The summed E-state index contributed by atoms with van der Waals surface area (Å²) >= 11 is 0. The fourth-order valence-electron chi connectivity index (χ4n) is 2.60. The molecule has 10 heteroatoms. The van der Waals surface area contributed by atoms with E-state index in [1.807, 2.05) is 0 Å². The maximum Gasteiger partial charge on any atom is 0.417 e. The van der Waals surface area contributed by atoms with Crippen LogP contribution in [0, 0.1) is 0 Å². The van der Waals surface area contributed by atoms with E-state index < -0.39 is 27.7 Å². The third-order valence-electron chi connectivity index (χ3n) is 4.09. The monoisotopic (exact) mass is 447 g/mol. The van der Waals surface area contributed by atoms with Crippen molar-refractivity contribution < 1.29 is 26.4 Å². The molecule has 0 aliphatic rings. The number of hydrogen-bond donors (Lipinski definition) is 2. The Balaban J connectivity index is 1.66. The zero-order chi connectivity index (χ0) is 22.5. The SMILES string of the molecule is O=C(N/N=C\c1ccccc1C(F)(F)F)c1ccc(NS(=O)(=O)c2ccccc2)cc1.